The highest BCUT2D eigenvalue weighted by atomic mass is 32.1. The van der Waals surface area contributed by atoms with E-state index in [1.54, 1.807) is 10.9 Å². The monoisotopic (exact) mass is 329 g/mol. The van der Waals surface area contributed by atoms with Crippen LogP contribution in [0, 0.1) is 0 Å². The van der Waals surface area contributed by atoms with Gasteiger partial charge in [-0.2, -0.15) is 0 Å². The highest BCUT2D eigenvalue weighted by Crippen LogP contribution is 2.20. The second kappa shape index (κ2) is 5.96. The number of aromatic nitrogens is 4. The normalized spacial score (nSPS) is 17.7. The van der Waals surface area contributed by atoms with Gasteiger partial charge in [-0.05, 0) is 12.1 Å². The van der Waals surface area contributed by atoms with Gasteiger partial charge in [0.2, 0.25) is 5.91 Å². The first-order valence-electron chi connectivity index (χ1n) is 7.42. The zero-order chi connectivity index (χ0) is 15.6. The number of hydrogen-bond donors (Lipinski definition) is 0. The van der Waals surface area contributed by atoms with Crippen LogP contribution < -0.4 is 4.74 Å². The second-order valence-corrected chi connectivity index (χ2v) is 6.26. The molecule has 4 rings (SSSR count). The van der Waals surface area contributed by atoms with Crippen molar-refractivity contribution >= 4 is 28.3 Å². The smallest absolute Gasteiger partial charge is 0.273 e. The molecule has 0 aliphatic carbocycles. The van der Waals surface area contributed by atoms with Crippen molar-refractivity contribution in [3.05, 3.63) is 35.8 Å². The average Bonchev–Trinajstić information content (AvgIpc) is 3.29. The molecule has 0 radical (unpaired) electrons. The highest BCUT2D eigenvalue weighted by Gasteiger charge is 2.28. The number of fused-ring (bicyclic) bond motifs is 1. The van der Waals surface area contributed by atoms with Crippen LogP contribution >= 0.6 is 11.3 Å². The van der Waals surface area contributed by atoms with Gasteiger partial charge in [-0.3, -0.25) is 4.79 Å². The predicted molar refractivity (Wildman–Crippen MR) is 85.3 cm³/mol. The topological polar surface area (TPSA) is 73.1 Å². The van der Waals surface area contributed by atoms with E-state index in [4.69, 9.17) is 4.74 Å². The minimum atomic E-state index is 0.0117. The fourth-order valence-electron chi connectivity index (χ4n) is 2.72. The molecule has 1 amide bonds. The third-order valence-corrected chi connectivity index (χ3v) is 4.54. The molecule has 1 fully saturated rings. The maximum absolute atomic E-state index is 12.5. The molecule has 0 saturated carbocycles. The molecule has 0 N–H and O–H groups in total. The van der Waals surface area contributed by atoms with E-state index >= 15 is 0 Å². The lowest BCUT2D eigenvalue weighted by Gasteiger charge is -2.16. The summed E-state index contributed by atoms with van der Waals surface area (Å²) in [7, 11) is 0. The second-order valence-electron chi connectivity index (χ2n) is 5.40. The Bertz CT molecular complexity index is 816. The standard InChI is InChI=1S/C15H15N5O2S/c21-14(10-20-13-4-2-1-3-12(13)17-18-20)19-7-5-11(9-19)22-15-16-6-8-23-15/h1-4,6,8,11H,5,7,9-10H2. The third kappa shape index (κ3) is 2.89. The molecule has 1 atom stereocenters. The molecule has 1 aliphatic rings. The van der Waals surface area contributed by atoms with Crippen LogP contribution in [0.25, 0.3) is 11.0 Å². The Hall–Kier alpha value is -2.48. The Labute approximate surface area is 136 Å². The Morgan fingerprint density at radius 2 is 2.30 bits per heavy atom. The molecule has 0 spiro atoms. The molecule has 8 heteroatoms. The zero-order valence-electron chi connectivity index (χ0n) is 12.3. The number of thiazole rings is 1. The van der Waals surface area contributed by atoms with E-state index in [1.807, 2.05) is 34.5 Å². The van der Waals surface area contributed by atoms with Gasteiger partial charge < -0.3 is 9.64 Å². The minimum absolute atomic E-state index is 0.0117. The number of ether oxygens (including phenoxy) is 1. The van der Waals surface area contributed by atoms with Crippen molar-refractivity contribution in [2.45, 2.75) is 19.1 Å². The number of benzene rings is 1. The summed E-state index contributed by atoms with van der Waals surface area (Å²) in [6.07, 6.45) is 2.55. The molecule has 23 heavy (non-hydrogen) atoms. The number of para-hydroxylation sites is 1. The van der Waals surface area contributed by atoms with Crippen LogP contribution in [0.5, 0.6) is 5.19 Å². The molecule has 3 heterocycles. The first-order valence-corrected chi connectivity index (χ1v) is 8.30. The number of carbonyl (C=O) groups excluding carboxylic acids is 1. The molecule has 1 unspecified atom stereocenters. The van der Waals surface area contributed by atoms with Gasteiger partial charge in [0.15, 0.2) is 0 Å². The molecular formula is C15H15N5O2S. The van der Waals surface area contributed by atoms with Gasteiger partial charge in [0, 0.05) is 24.5 Å². The summed E-state index contributed by atoms with van der Waals surface area (Å²) in [5, 5.41) is 10.7. The molecule has 1 aromatic carbocycles. The van der Waals surface area contributed by atoms with Crippen molar-refractivity contribution in [3.8, 4) is 5.19 Å². The van der Waals surface area contributed by atoms with E-state index in [9.17, 15) is 4.79 Å². The lowest BCUT2D eigenvalue weighted by atomic mass is 10.3. The van der Waals surface area contributed by atoms with Crippen molar-refractivity contribution in [1.82, 2.24) is 24.9 Å². The molecule has 3 aromatic rings. The van der Waals surface area contributed by atoms with Crippen molar-refractivity contribution in [2.24, 2.45) is 0 Å². The van der Waals surface area contributed by atoms with Crippen molar-refractivity contribution in [3.63, 3.8) is 0 Å². The summed E-state index contributed by atoms with van der Waals surface area (Å²) in [5.41, 5.74) is 1.67. The van der Waals surface area contributed by atoms with Crippen LogP contribution in [0.4, 0.5) is 0 Å². The highest BCUT2D eigenvalue weighted by molar-refractivity contribution is 7.11. The van der Waals surface area contributed by atoms with Crippen molar-refractivity contribution in [1.29, 1.82) is 0 Å². The van der Waals surface area contributed by atoms with Crippen LogP contribution in [0.1, 0.15) is 6.42 Å². The number of hydrogen-bond acceptors (Lipinski definition) is 6. The fourth-order valence-corrected chi connectivity index (χ4v) is 3.28. The van der Waals surface area contributed by atoms with Crippen molar-refractivity contribution < 1.29 is 9.53 Å². The molecular weight excluding hydrogens is 314 g/mol. The van der Waals surface area contributed by atoms with Crippen molar-refractivity contribution in [2.75, 3.05) is 13.1 Å². The molecule has 7 nitrogen and oxygen atoms in total. The summed E-state index contributed by atoms with van der Waals surface area (Å²) < 4.78 is 7.43. The fraction of sp³-hybridized carbons (Fsp3) is 0.333. The zero-order valence-corrected chi connectivity index (χ0v) is 13.1. The number of carbonyl (C=O) groups is 1. The van der Waals surface area contributed by atoms with Gasteiger partial charge >= 0.3 is 0 Å². The predicted octanol–water partition coefficient (Wildman–Crippen LogP) is 1.57. The number of amides is 1. The van der Waals surface area contributed by atoms with Gasteiger partial charge in [-0.15, -0.1) is 5.10 Å². The Morgan fingerprint density at radius 1 is 1.39 bits per heavy atom. The van der Waals surface area contributed by atoms with Gasteiger partial charge in [0.05, 0.1) is 12.1 Å². The summed E-state index contributed by atoms with van der Waals surface area (Å²) in [4.78, 5) is 18.4. The Morgan fingerprint density at radius 3 is 3.17 bits per heavy atom. The number of likely N-dealkylation sites (tertiary alicyclic amines) is 1. The van der Waals surface area contributed by atoms with Gasteiger partial charge in [0.1, 0.15) is 18.2 Å². The van der Waals surface area contributed by atoms with Crippen LogP contribution in [0.3, 0.4) is 0 Å². The van der Waals surface area contributed by atoms with Gasteiger partial charge in [-0.1, -0.05) is 28.7 Å². The SMILES string of the molecule is O=C(Cn1nnc2ccccc21)N1CCC(Oc2nccs2)C1. The largest absolute Gasteiger partial charge is 0.465 e. The minimum Gasteiger partial charge on any atom is -0.465 e. The Balaban J connectivity index is 1.40. The van der Waals surface area contributed by atoms with E-state index in [0.29, 0.717) is 18.3 Å². The lowest BCUT2D eigenvalue weighted by molar-refractivity contribution is -0.131. The maximum Gasteiger partial charge on any atom is 0.273 e. The molecule has 0 bridgehead atoms. The molecule has 1 aliphatic heterocycles. The summed E-state index contributed by atoms with van der Waals surface area (Å²) in [5.74, 6) is 0.0332. The van der Waals surface area contributed by atoms with E-state index in [1.165, 1.54) is 11.3 Å². The summed E-state index contributed by atoms with van der Waals surface area (Å²) >= 11 is 1.47. The summed E-state index contributed by atoms with van der Waals surface area (Å²) in [6.45, 7) is 1.48. The number of nitrogens with zero attached hydrogens (tertiary/aromatic N) is 5. The molecule has 118 valence electrons. The average molecular weight is 329 g/mol. The van der Waals surface area contributed by atoms with Crippen LogP contribution in [0.15, 0.2) is 35.8 Å². The van der Waals surface area contributed by atoms with E-state index in [2.05, 4.69) is 15.3 Å². The van der Waals surface area contributed by atoms with E-state index in [0.717, 1.165) is 17.5 Å². The van der Waals surface area contributed by atoms with Crippen LogP contribution in [0.2, 0.25) is 0 Å². The van der Waals surface area contributed by atoms with Crippen LogP contribution in [-0.2, 0) is 11.3 Å². The first kappa shape index (κ1) is 14.1. The van der Waals surface area contributed by atoms with E-state index in [-0.39, 0.29) is 18.6 Å². The maximum atomic E-state index is 12.5. The van der Waals surface area contributed by atoms with Gasteiger partial charge in [-0.25, -0.2) is 9.67 Å². The lowest BCUT2D eigenvalue weighted by Crippen LogP contribution is -2.33. The molecule has 2 aromatic heterocycles. The van der Waals surface area contributed by atoms with Crippen LogP contribution in [-0.4, -0.2) is 50.0 Å². The van der Waals surface area contributed by atoms with E-state index < -0.39 is 0 Å². The summed E-state index contributed by atoms with van der Waals surface area (Å²) in [6, 6.07) is 7.63. The molecule has 1 saturated heterocycles. The number of rotatable bonds is 4. The first-order chi connectivity index (χ1) is 11.3. The Kier molecular flexibility index (Phi) is 3.66. The third-order valence-electron chi connectivity index (χ3n) is 3.88. The van der Waals surface area contributed by atoms with Gasteiger partial charge in [0.25, 0.3) is 5.19 Å². The quantitative estimate of drug-likeness (QED) is 0.726.